The molecule has 0 amide bonds. The van der Waals surface area contributed by atoms with E-state index in [4.69, 9.17) is 0 Å². The zero-order valence-electron chi connectivity index (χ0n) is 15.4. The fourth-order valence-electron chi connectivity index (χ4n) is 6.86. The number of hydrogen-bond acceptors (Lipinski definition) is 0. The van der Waals surface area contributed by atoms with E-state index in [2.05, 4.69) is 22.9 Å². The molecule has 4 heteroatoms. The van der Waals surface area contributed by atoms with Gasteiger partial charge in [-0.2, -0.15) is 0 Å². The van der Waals surface area contributed by atoms with Crippen LogP contribution in [0.1, 0.15) is 84.0 Å². The van der Waals surface area contributed by atoms with Crippen molar-refractivity contribution in [1.29, 1.82) is 0 Å². The zero-order valence-corrected chi connectivity index (χ0v) is 17.0. The second kappa shape index (κ2) is 6.41. The minimum atomic E-state index is -3.16. The highest BCUT2D eigenvalue weighted by molar-refractivity contribution is 9.10. The Hall–Kier alpha value is 0.270. The largest absolute Gasteiger partial charge is 0.285 e. The Kier molecular flexibility index (Phi) is 4.78. The van der Waals surface area contributed by atoms with Crippen LogP contribution in [0.15, 0.2) is 0 Å². The van der Waals surface area contributed by atoms with E-state index in [1.807, 2.05) is 0 Å². The summed E-state index contributed by atoms with van der Waals surface area (Å²) in [5, 5.41) is 0. The molecular weight excluding hydrogens is 389 g/mol. The molecule has 5 aliphatic carbocycles. The topological polar surface area (TPSA) is 0 Å². The summed E-state index contributed by atoms with van der Waals surface area (Å²) in [4.78, 5) is 0. The van der Waals surface area contributed by atoms with Gasteiger partial charge in [0.2, 0.25) is 0 Å². The predicted octanol–water partition coefficient (Wildman–Crippen LogP) is 7.30. The van der Waals surface area contributed by atoms with Crippen molar-refractivity contribution in [3.05, 3.63) is 0 Å². The van der Waals surface area contributed by atoms with E-state index in [0.717, 1.165) is 43.4 Å². The molecule has 0 heterocycles. The molecular formula is C21H32BrF3. The van der Waals surface area contributed by atoms with Gasteiger partial charge in [-0.25, -0.2) is 13.2 Å². The van der Waals surface area contributed by atoms with Gasteiger partial charge in [0, 0.05) is 5.41 Å². The second-order valence-electron chi connectivity index (χ2n) is 9.81. The molecule has 0 N–H and O–H groups in total. The maximum Gasteiger partial charge on any atom is 0.285 e. The molecule has 25 heavy (non-hydrogen) atoms. The highest BCUT2D eigenvalue weighted by Gasteiger charge is 2.72. The van der Waals surface area contributed by atoms with Crippen LogP contribution < -0.4 is 0 Å². The maximum absolute atomic E-state index is 15.1. The SMILES string of the molecule is CC1CCC(C2CCC(C34CCC(Br)(CC3)C(F)C4(F)F)CC2)CC1. The number of hydrogen-bond donors (Lipinski definition) is 0. The van der Waals surface area contributed by atoms with Crippen LogP contribution in [-0.2, 0) is 0 Å². The highest BCUT2D eigenvalue weighted by atomic mass is 79.9. The molecule has 0 aromatic carbocycles. The van der Waals surface area contributed by atoms with Crippen molar-refractivity contribution in [2.24, 2.45) is 29.1 Å². The van der Waals surface area contributed by atoms with E-state index in [0.29, 0.717) is 25.7 Å². The summed E-state index contributed by atoms with van der Waals surface area (Å²) in [7, 11) is 0. The minimum absolute atomic E-state index is 0.0249. The van der Waals surface area contributed by atoms with Gasteiger partial charge in [-0.3, -0.25) is 0 Å². The first-order valence-corrected chi connectivity index (χ1v) is 11.3. The lowest BCUT2D eigenvalue weighted by Crippen LogP contribution is -2.67. The summed E-state index contributed by atoms with van der Waals surface area (Å²) < 4.78 is 43.8. The van der Waals surface area contributed by atoms with Crippen molar-refractivity contribution in [1.82, 2.24) is 0 Å². The Balaban J connectivity index is 1.44. The van der Waals surface area contributed by atoms with Crippen molar-refractivity contribution in [3.8, 4) is 0 Å². The van der Waals surface area contributed by atoms with Crippen LogP contribution in [0.4, 0.5) is 13.2 Å². The fourth-order valence-corrected chi connectivity index (χ4v) is 7.54. The van der Waals surface area contributed by atoms with Crippen LogP contribution in [0, 0.1) is 29.1 Å². The smallest absolute Gasteiger partial charge is 0.239 e. The standard InChI is InChI=1S/C21H32BrF3/c1-14-2-4-15(5-3-14)16-6-8-17(9-7-16)19-10-12-20(22,13-11-19)18(23)21(19,24)25/h14-18H,2-13H2,1H3. The Labute approximate surface area is 158 Å². The average Bonchev–Trinajstić information content (AvgIpc) is 2.61. The third-order valence-electron chi connectivity index (χ3n) is 8.69. The zero-order chi connectivity index (χ0) is 17.9. The van der Waals surface area contributed by atoms with Gasteiger partial charge >= 0.3 is 0 Å². The monoisotopic (exact) mass is 420 g/mol. The molecule has 5 saturated carbocycles. The number of fused-ring (bicyclic) bond motifs is 3. The van der Waals surface area contributed by atoms with Crippen molar-refractivity contribution in [2.45, 2.75) is 100 Å². The Morgan fingerprint density at radius 3 is 1.76 bits per heavy atom. The Bertz CT molecular complexity index is 481. The van der Waals surface area contributed by atoms with Crippen LogP contribution in [0.2, 0.25) is 0 Å². The molecule has 0 spiro atoms. The van der Waals surface area contributed by atoms with E-state index in [1.54, 1.807) is 0 Å². The molecule has 0 aromatic rings. The molecule has 0 aromatic heterocycles. The van der Waals surface area contributed by atoms with Gasteiger partial charge in [0.05, 0.1) is 4.32 Å². The van der Waals surface area contributed by atoms with Crippen LogP contribution in [0.5, 0.6) is 0 Å². The quantitative estimate of drug-likeness (QED) is 0.411. The van der Waals surface area contributed by atoms with Crippen molar-refractivity contribution in [2.75, 3.05) is 0 Å². The van der Waals surface area contributed by atoms with Crippen molar-refractivity contribution < 1.29 is 13.2 Å². The van der Waals surface area contributed by atoms with Crippen molar-refractivity contribution in [3.63, 3.8) is 0 Å². The van der Waals surface area contributed by atoms with Crippen LogP contribution in [-0.4, -0.2) is 16.4 Å². The van der Waals surface area contributed by atoms with E-state index < -0.39 is 21.8 Å². The Morgan fingerprint density at radius 2 is 1.24 bits per heavy atom. The van der Waals surface area contributed by atoms with Gasteiger partial charge in [0.1, 0.15) is 0 Å². The molecule has 0 aliphatic heterocycles. The first-order chi connectivity index (χ1) is 11.8. The third-order valence-corrected chi connectivity index (χ3v) is 9.89. The minimum Gasteiger partial charge on any atom is -0.239 e. The van der Waals surface area contributed by atoms with Gasteiger partial charge in [-0.1, -0.05) is 35.7 Å². The summed E-state index contributed by atoms with van der Waals surface area (Å²) >= 11 is 3.33. The lowest BCUT2D eigenvalue weighted by Gasteiger charge is -2.60. The normalized spacial score (nSPS) is 52.9. The van der Waals surface area contributed by atoms with E-state index in [9.17, 15) is 4.39 Å². The van der Waals surface area contributed by atoms with Gasteiger partial charge in [-0.15, -0.1) is 0 Å². The van der Waals surface area contributed by atoms with Gasteiger partial charge in [0.15, 0.2) is 6.17 Å². The van der Waals surface area contributed by atoms with E-state index >= 15 is 8.78 Å². The molecule has 5 aliphatic rings. The Morgan fingerprint density at radius 1 is 0.760 bits per heavy atom. The van der Waals surface area contributed by atoms with E-state index in [1.165, 1.54) is 25.7 Å². The summed E-state index contributed by atoms with van der Waals surface area (Å²) in [6.07, 6.45) is 9.46. The number of halogens is 4. The molecule has 0 radical (unpaired) electrons. The fraction of sp³-hybridized carbons (Fsp3) is 1.00. The van der Waals surface area contributed by atoms with Gasteiger partial charge in [0.25, 0.3) is 5.92 Å². The lowest BCUT2D eigenvalue weighted by molar-refractivity contribution is -0.254. The average molecular weight is 421 g/mol. The number of alkyl halides is 4. The number of rotatable bonds is 2. The molecule has 1 unspecified atom stereocenters. The van der Waals surface area contributed by atoms with E-state index in [-0.39, 0.29) is 5.92 Å². The first-order valence-electron chi connectivity index (χ1n) is 10.5. The second-order valence-corrected chi connectivity index (χ2v) is 11.4. The summed E-state index contributed by atoms with van der Waals surface area (Å²) in [5.41, 5.74) is -1.06. The van der Waals surface area contributed by atoms with Crippen LogP contribution in [0.25, 0.3) is 0 Å². The lowest BCUT2D eigenvalue weighted by atomic mass is 9.50. The van der Waals surface area contributed by atoms with Gasteiger partial charge in [-0.05, 0) is 87.9 Å². The molecule has 5 rings (SSSR count). The molecule has 2 bridgehead atoms. The molecule has 144 valence electrons. The van der Waals surface area contributed by atoms with Crippen molar-refractivity contribution >= 4 is 15.9 Å². The molecule has 0 saturated heterocycles. The van der Waals surface area contributed by atoms with Gasteiger partial charge < -0.3 is 0 Å². The van der Waals surface area contributed by atoms with Crippen LogP contribution in [0.3, 0.4) is 0 Å². The first kappa shape index (κ1) is 18.6. The predicted molar refractivity (Wildman–Crippen MR) is 99.0 cm³/mol. The summed E-state index contributed by atoms with van der Waals surface area (Å²) in [5.74, 6) is -0.725. The highest BCUT2D eigenvalue weighted by Crippen LogP contribution is 2.68. The summed E-state index contributed by atoms with van der Waals surface area (Å²) in [6.45, 7) is 2.35. The summed E-state index contributed by atoms with van der Waals surface area (Å²) in [6, 6.07) is 0. The maximum atomic E-state index is 15.1. The third kappa shape index (κ3) is 2.83. The van der Waals surface area contributed by atoms with Crippen LogP contribution >= 0.6 is 15.9 Å². The molecule has 5 fully saturated rings. The molecule has 1 atom stereocenters. The molecule has 0 nitrogen and oxygen atoms in total.